The average molecular weight is 408 g/mol. The van der Waals surface area contributed by atoms with Gasteiger partial charge in [-0.15, -0.1) is 0 Å². The summed E-state index contributed by atoms with van der Waals surface area (Å²) in [6.45, 7) is 2.49. The lowest BCUT2D eigenvalue weighted by atomic mass is 9.80. The predicted octanol–water partition coefficient (Wildman–Crippen LogP) is 3.95. The van der Waals surface area contributed by atoms with Gasteiger partial charge in [-0.3, -0.25) is 5.10 Å². The number of pyridine rings is 1. The molecule has 1 aliphatic heterocycles. The maximum atomic E-state index is 14.1. The molecule has 0 aromatic carbocycles. The van der Waals surface area contributed by atoms with Crippen LogP contribution in [0.3, 0.4) is 0 Å². The Morgan fingerprint density at radius 2 is 2.28 bits per heavy atom. The standard InChI is InChI=1S/C17H19BrFN5O/c1-9-7-13-11(15(23-22-13)10-3-2-4-10)8-24(9)17(25)21-12-5-6-20-16(18)14(12)19/h5-6,9-10H,2-4,7-8H2,1H3,(H,22,23)(H,20,21,25). The van der Waals surface area contributed by atoms with Gasteiger partial charge in [-0.25, -0.2) is 14.2 Å². The zero-order chi connectivity index (χ0) is 17.6. The van der Waals surface area contributed by atoms with Gasteiger partial charge in [-0.1, -0.05) is 6.42 Å². The second kappa shape index (κ2) is 6.40. The number of rotatable bonds is 2. The van der Waals surface area contributed by atoms with E-state index in [-0.39, 0.29) is 22.4 Å². The van der Waals surface area contributed by atoms with Crippen molar-refractivity contribution in [3.8, 4) is 0 Å². The monoisotopic (exact) mass is 407 g/mol. The molecule has 2 amide bonds. The number of fused-ring (bicyclic) bond motifs is 1. The number of anilines is 1. The summed E-state index contributed by atoms with van der Waals surface area (Å²) in [6, 6.07) is 1.15. The quantitative estimate of drug-likeness (QED) is 0.739. The molecular formula is C17H19BrFN5O. The molecule has 0 spiro atoms. The molecule has 2 aromatic heterocycles. The number of carbonyl (C=O) groups excluding carboxylic acids is 1. The fourth-order valence-electron chi connectivity index (χ4n) is 3.49. The maximum absolute atomic E-state index is 14.1. The molecule has 1 saturated carbocycles. The summed E-state index contributed by atoms with van der Waals surface area (Å²) >= 11 is 3.04. The summed E-state index contributed by atoms with van der Waals surface area (Å²) in [5.74, 6) is -0.0633. The number of hydrogen-bond acceptors (Lipinski definition) is 3. The van der Waals surface area contributed by atoms with Crippen molar-refractivity contribution < 1.29 is 9.18 Å². The van der Waals surface area contributed by atoms with Crippen molar-refractivity contribution in [1.29, 1.82) is 0 Å². The van der Waals surface area contributed by atoms with Gasteiger partial charge in [0.1, 0.15) is 4.60 Å². The van der Waals surface area contributed by atoms with Crippen molar-refractivity contribution >= 4 is 27.6 Å². The summed E-state index contributed by atoms with van der Waals surface area (Å²) < 4.78 is 14.2. The van der Waals surface area contributed by atoms with Crippen LogP contribution in [0.15, 0.2) is 16.9 Å². The van der Waals surface area contributed by atoms with E-state index < -0.39 is 5.82 Å². The molecule has 1 aliphatic carbocycles. The molecule has 6 nitrogen and oxygen atoms in total. The van der Waals surface area contributed by atoms with Gasteiger partial charge in [-0.05, 0) is 41.8 Å². The molecular weight excluding hydrogens is 389 g/mol. The van der Waals surface area contributed by atoms with Gasteiger partial charge in [0.25, 0.3) is 0 Å². The van der Waals surface area contributed by atoms with Crippen LogP contribution in [0.1, 0.15) is 49.1 Å². The minimum absolute atomic E-state index is 0.00975. The number of hydrogen-bond donors (Lipinski definition) is 2. The van der Waals surface area contributed by atoms with Crippen LogP contribution >= 0.6 is 15.9 Å². The number of amides is 2. The average Bonchev–Trinajstić information content (AvgIpc) is 2.92. The molecule has 2 aliphatic rings. The number of halogens is 2. The summed E-state index contributed by atoms with van der Waals surface area (Å²) in [5, 5.41) is 10.3. The highest BCUT2D eigenvalue weighted by Gasteiger charge is 2.34. The minimum Gasteiger partial charge on any atom is -0.317 e. The van der Waals surface area contributed by atoms with Crippen molar-refractivity contribution in [3.63, 3.8) is 0 Å². The van der Waals surface area contributed by atoms with E-state index in [4.69, 9.17) is 0 Å². The molecule has 3 heterocycles. The SMILES string of the molecule is CC1Cc2[nH]nc(C3CCC3)c2CN1C(=O)Nc1ccnc(Br)c1F. The molecule has 0 radical (unpaired) electrons. The summed E-state index contributed by atoms with van der Waals surface area (Å²) in [5.41, 5.74) is 3.48. The van der Waals surface area contributed by atoms with Crippen LogP contribution in [-0.2, 0) is 13.0 Å². The van der Waals surface area contributed by atoms with Crippen LogP contribution in [0.2, 0.25) is 0 Å². The van der Waals surface area contributed by atoms with E-state index in [9.17, 15) is 9.18 Å². The lowest BCUT2D eigenvalue weighted by Crippen LogP contribution is -2.45. The third-order valence-corrected chi connectivity index (χ3v) is 5.74. The summed E-state index contributed by atoms with van der Waals surface area (Å²) in [6.07, 6.45) is 5.74. The Balaban J connectivity index is 1.55. The lowest BCUT2D eigenvalue weighted by molar-refractivity contribution is 0.181. The Morgan fingerprint density at radius 3 is 3.00 bits per heavy atom. The summed E-state index contributed by atoms with van der Waals surface area (Å²) in [7, 11) is 0. The Bertz CT molecular complexity index is 819. The Kier molecular flexibility index (Phi) is 4.23. The van der Waals surface area contributed by atoms with E-state index in [0.717, 1.165) is 36.2 Å². The molecule has 0 saturated heterocycles. The van der Waals surface area contributed by atoms with Gasteiger partial charge in [0.05, 0.1) is 17.9 Å². The second-order valence-corrected chi connectivity index (χ2v) is 7.52. The summed E-state index contributed by atoms with van der Waals surface area (Å²) in [4.78, 5) is 18.3. The van der Waals surface area contributed by atoms with Crippen LogP contribution in [0, 0.1) is 5.82 Å². The first-order valence-electron chi connectivity index (χ1n) is 8.48. The number of nitrogens with one attached hydrogen (secondary N) is 2. The van der Waals surface area contributed by atoms with Crippen molar-refractivity contribution in [2.45, 2.75) is 51.1 Å². The lowest BCUT2D eigenvalue weighted by Gasteiger charge is -2.34. The van der Waals surface area contributed by atoms with Crippen molar-refractivity contribution in [2.75, 3.05) is 5.32 Å². The smallest absolute Gasteiger partial charge is 0.317 e. The van der Waals surface area contributed by atoms with Crippen LogP contribution in [0.5, 0.6) is 0 Å². The largest absolute Gasteiger partial charge is 0.322 e. The fraction of sp³-hybridized carbons (Fsp3) is 0.471. The van der Waals surface area contributed by atoms with Gasteiger partial charge in [0.15, 0.2) is 5.82 Å². The van der Waals surface area contributed by atoms with Gasteiger partial charge in [0.2, 0.25) is 0 Å². The van der Waals surface area contributed by atoms with Gasteiger partial charge < -0.3 is 10.2 Å². The maximum Gasteiger partial charge on any atom is 0.322 e. The molecule has 132 valence electrons. The third-order valence-electron chi connectivity index (χ3n) is 5.19. The fourth-order valence-corrected chi connectivity index (χ4v) is 3.82. The first kappa shape index (κ1) is 16.5. The highest BCUT2D eigenvalue weighted by molar-refractivity contribution is 9.10. The molecule has 2 N–H and O–H groups in total. The highest BCUT2D eigenvalue weighted by Crippen LogP contribution is 2.39. The molecule has 8 heteroatoms. The first-order chi connectivity index (χ1) is 12.0. The van der Waals surface area contributed by atoms with E-state index in [2.05, 4.69) is 36.4 Å². The number of urea groups is 1. The van der Waals surface area contributed by atoms with Crippen molar-refractivity contribution in [3.05, 3.63) is 39.6 Å². The van der Waals surface area contributed by atoms with Crippen molar-refractivity contribution in [1.82, 2.24) is 20.1 Å². The molecule has 0 bridgehead atoms. The Labute approximate surface area is 153 Å². The van der Waals surface area contributed by atoms with E-state index in [0.29, 0.717) is 12.5 Å². The highest BCUT2D eigenvalue weighted by atomic mass is 79.9. The molecule has 1 atom stereocenters. The van der Waals surface area contributed by atoms with Gasteiger partial charge in [-0.2, -0.15) is 5.10 Å². The topological polar surface area (TPSA) is 73.9 Å². The van der Waals surface area contributed by atoms with E-state index in [1.165, 1.54) is 18.7 Å². The number of aromatic nitrogens is 3. The van der Waals surface area contributed by atoms with Gasteiger partial charge >= 0.3 is 6.03 Å². The number of aromatic amines is 1. The molecule has 1 unspecified atom stereocenters. The van der Waals surface area contributed by atoms with Crippen molar-refractivity contribution in [2.24, 2.45) is 0 Å². The number of H-pyrrole nitrogens is 1. The number of nitrogens with zero attached hydrogens (tertiary/aromatic N) is 3. The first-order valence-corrected chi connectivity index (χ1v) is 9.27. The minimum atomic E-state index is -0.570. The zero-order valence-corrected chi connectivity index (χ0v) is 15.4. The molecule has 1 fully saturated rings. The molecule has 25 heavy (non-hydrogen) atoms. The van der Waals surface area contributed by atoms with E-state index in [1.54, 1.807) is 4.90 Å². The Morgan fingerprint density at radius 1 is 1.48 bits per heavy atom. The second-order valence-electron chi connectivity index (χ2n) is 6.77. The van der Waals surface area contributed by atoms with E-state index in [1.807, 2.05) is 6.92 Å². The van der Waals surface area contributed by atoms with Crippen LogP contribution in [0.4, 0.5) is 14.9 Å². The van der Waals surface area contributed by atoms with Crippen LogP contribution in [-0.4, -0.2) is 32.2 Å². The predicted molar refractivity (Wildman–Crippen MR) is 94.8 cm³/mol. The Hall–Kier alpha value is -1.96. The molecule has 2 aromatic rings. The van der Waals surface area contributed by atoms with Gasteiger partial charge in [0, 0.05) is 35.8 Å². The van der Waals surface area contributed by atoms with E-state index >= 15 is 0 Å². The zero-order valence-electron chi connectivity index (χ0n) is 13.9. The van der Waals surface area contributed by atoms with Crippen LogP contribution < -0.4 is 5.32 Å². The third kappa shape index (κ3) is 2.92. The van der Waals surface area contributed by atoms with Crippen LogP contribution in [0.25, 0.3) is 0 Å². The normalized spacial score (nSPS) is 20.1. The number of carbonyl (C=O) groups is 1. The molecule has 4 rings (SSSR count).